The Hall–Kier alpha value is -4.25. The molecule has 0 aliphatic rings. The number of anilines is 2. The van der Waals surface area contributed by atoms with Crippen LogP contribution in [0.15, 0.2) is 54.7 Å². The molecule has 0 aliphatic heterocycles. The molecule has 1 aromatic carbocycles. The normalized spacial score (nSPS) is 11.4. The number of aromatic nitrogens is 2. The molecule has 4 N–H and O–H groups in total. The van der Waals surface area contributed by atoms with Crippen LogP contribution in [0.5, 0.6) is 0 Å². The fourth-order valence-corrected chi connectivity index (χ4v) is 3.06. The Morgan fingerprint density at radius 2 is 2.00 bits per heavy atom. The summed E-state index contributed by atoms with van der Waals surface area (Å²) in [7, 11) is 0. The molecule has 0 saturated heterocycles. The van der Waals surface area contributed by atoms with E-state index in [0.717, 1.165) is 0 Å². The molecule has 156 valence electrons. The summed E-state index contributed by atoms with van der Waals surface area (Å²) in [6.07, 6.45) is 1.81. The Bertz CT molecular complexity index is 1160. The van der Waals surface area contributed by atoms with E-state index in [-0.39, 0.29) is 30.1 Å². The van der Waals surface area contributed by atoms with Crippen molar-refractivity contribution in [3.05, 3.63) is 60.3 Å². The van der Waals surface area contributed by atoms with Gasteiger partial charge in [0.2, 0.25) is 5.91 Å². The molecular formula is C23H21N5O3. The van der Waals surface area contributed by atoms with Crippen LogP contribution in [0.4, 0.5) is 11.5 Å². The number of hydrogen-bond acceptors (Lipinski definition) is 6. The van der Waals surface area contributed by atoms with E-state index in [1.807, 2.05) is 6.07 Å². The first-order chi connectivity index (χ1) is 14.9. The number of aliphatic carboxylic acids is 1. The molecule has 8 nitrogen and oxygen atoms in total. The summed E-state index contributed by atoms with van der Waals surface area (Å²) in [6, 6.07) is 16.3. The molecule has 8 heteroatoms. The number of carboxylic acid groups (broad SMARTS) is 1. The highest BCUT2D eigenvalue weighted by atomic mass is 16.4. The molecule has 0 radical (unpaired) electrons. The van der Waals surface area contributed by atoms with Crippen molar-refractivity contribution < 1.29 is 14.7 Å². The first-order valence-corrected chi connectivity index (χ1v) is 9.64. The van der Waals surface area contributed by atoms with Gasteiger partial charge in [-0.25, -0.2) is 4.98 Å². The Balaban J connectivity index is 1.93. The topological polar surface area (TPSA) is 142 Å². The van der Waals surface area contributed by atoms with Crippen molar-refractivity contribution in [2.24, 2.45) is 5.92 Å². The van der Waals surface area contributed by atoms with E-state index in [2.05, 4.69) is 21.4 Å². The maximum atomic E-state index is 12.4. The lowest BCUT2D eigenvalue weighted by molar-refractivity contribution is -0.137. The number of nitrogen functional groups attached to an aromatic ring is 1. The highest BCUT2D eigenvalue weighted by Crippen LogP contribution is 2.32. The number of nitrogens with one attached hydrogen (secondary N) is 1. The van der Waals surface area contributed by atoms with Gasteiger partial charge in [0.05, 0.1) is 11.4 Å². The third kappa shape index (κ3) is 5.22. The zero-order chi connectivity index (χ0) is 22.4. The van der Waals surface area contributed by atoms with Gasteiger partial charge in [-0.2, -0.15) is 5.26 Å². The number of nitrogens with zero attached hydrogens (tertiary/aromatic N) is 3. The number of nitriles is 1. The minimum Gasteiger partial charge on any atom is -0.481 e. The number of carboxylic acids is 1. The first kappa shape index (κ1) is 21.5. The second-order valence-electron chi connectivity index (χ2n) is 7.05. The fraction of sp³-hybridized carbons (Fsp3) is 0.174. The Morgan fingerprint density at radius 1 is 1.19 bits per heavy atom. The molecule has 1 unspecified atom stereocenters. The summed E-state index contributed by atoms with van der Waals surface area (Å²) in [4.78, 5) is 31.7. The number of pyridine rings is 2. The molecule has 3 rings (SSSR count). The largest absolute Gasteiger partial charge is 0.481 e. The minimum absolute atomic E-state index is 0.0766. The summed E-state index contributed by atoms with van der Waals surface area (Å²) in [5.41, 5.74) is 9.22. The number of rotatable bonds is 7. The average molecular weight is 415 g/mol. The van der Waals surface area contributed by atoms with Crippen molar-refractivity contribution in [1.29, 1.82) is 5.26 Å². The highest BCUT2D eigenvalue weighted by Gasteiger charge is 2.17. The molecule has 0 bridgehead atoms. The van der Waals surface area contributed by atoms with Gasteiger partial charge >= 0.3 is 5.97 Å². The van der Waals surface area contributed by atoms with Gasteiger partial charge in [0.1, 0.15) is 17.5 Å². The van der Waals surface area contributed by atoms with Gasteiger partial charge in [0.15, 0.2) is 0 Å². The van der Waals surface area contributed by atoms with E-state index in [1.165, 1.54) is 0 Å². The quantitative estimate of drug-likeness (QED) is 0.534. The predicted molar refractivity (Wildman–Crippen MR) is 117 cm³/mol. The zero-order valence-corrected chi connectivity index (χ0v) is 16.9. The van der Waals surface area contributed by atoms with Crippen LogP contribution >= 0.6 is 0 Å². The molecule has 0 spiro atoms. The van der Waals surface area contributed by atoms with Crippen molar-refractivity contribution in [3.63, 3.8) is 0 Å². The second-order valence-corrected chi connectivity index (χ2v) is 7.05. The minimum atomic E-state index is -0.940. The molecule has 0 saturated carbocycles. The molecule has 2 aromatic heterocycles. The van der Waals surface area contributed by atoms with Crippen LogP contribution in [0.3, 0.4) is 0 Å². The Labute approximate surface area is 179 Å². The van der Waals surface area contributed by atoms with Crippen LogP contribution in [0.25, 0.3) is 22.5 Å². The average Bonchev–Trinajstić information content (AvgIpc) is 2.77. The van der Waals surface area contributed by atoms with Gasteiger partial charge in [0.25, 0.3) is 0 Å². The number of hydrogen-bond donors (Lipinski definition) is 3. The van der Waals surface area contributed by atoms with Crippen LogP contribution in [-0.2, 0) is 9.59 Å². The summed E-state index contributed by atoms with van der Waals surface area (Å²) in [5.74, 6) is -1.58. The van der Waals surface area contributed by atoms with Crippen molar-refractivity contribution in [2.45, 2.75) is 19.8 Å². The predicted octanol–water partition coefficient (Wildman–Crippen LogP) is 3.70. The Morgan fingerprint density at radius 3 is 2.68 bits per heavy atom. The molecule has 1 amide bonds. The zero-order valence-electron chi connectivity index (χ0n) is 16.9. The van der Waals surface area contributed by atoms with Crippen molar-refractivity contribution >= 4 is 23.4 Å². The third-order valence-corrected chi connectivity index (χ3v) is 4.77. The lowest BCUT2D eigenvalue weighted by Crippen LogP contribution is -2.21. The molecule has 0 aliphatic carbocycles. The van der Waals surface area contributed by atoms with Crippen molar-refractivity contribution in [3.8, 4) is 28.6 Å². The molecule has 3 aromatic rings. The number of nitrogens with two attached hydrogens (primary N) is 1. The Kier molecular flexibility index (Phi) is 6.58. The standard InChI is InChI=1S/C23H21N5O3/c1-14(8-9-21(29)30)23(31)27-16-6-4-5-15(11-16)17-12-20(19-7-2-3-10-26-19)28-22(25)18(17)13-24/h2-7,10-12,14H,8-9H2,1H3,(H2,25,28)(H,27,31)(H,29,30). The van der Waals surface area contributed by atoms with Gasteiger partial charge in [-0.05, 0) is 42.3 Å². The maximum absolute atomic E-state index is 12.4. The lowest BCUT2D eigenvalue weighted by atomic mass is 9.98. The monoisotopic (exact) mass is 415 g/mol. The number of benzene rings is 1. The maximum Gasteiger partial charge on any atom is 0.303 e. The third-order valence-electron chi connectivity index (χ3n) is 4.77. The number of amides is 1. The van der Waals surface area contributed by atoms with Crippen LogP contribution in [0, 0.1) is 17.2 Å². The summed E-state index contributed by atoms with van der Waals surface area (Å²) >= 11 is 0. The molecule has 1 atom stereocenters. The smallest absolute Gasteiger partial charge is 0.303 e. The molecule has 0 fully saturated rings. The molecular weight excluding hydrogens is 394 g/mol. The van der Waals surface area contributed by atoms with E-state index in [0.29, 0.717) is 28.2 Å². The highest BCUT2D eigenvalue weighted by molar-refractivity contribution is 5.93. The van der Waals surface area contributed by atoms with Gasteiger partial charge in [-0.15, -0.1) is 0 Å². The summed E-state index contributed by atoms with van der Waals surface area (Å²) in [5, 5.41) is 21.2. The lowest BCUT2D eigenvalue weighted by Gasteiger charge is -2.13. The van der Waals surface area contributed by atoms with Gasteiger partial charge in [0, 0.05) is 29.8 Å². The van der Waals surface area contributed by atoms with E-state index in [9.17, 15) is 14.9 Å². The van der Waals surface area contributed by atoms with Gasteiger partial charge < -0.3 is 16.2 Å². The van der Waals surface area contributed by atoms with Gasteiger partial charge in [-0.3, -0.25) is 14.6 Å². The molecule has 2 heterocycles. The second kappa shape index (κ2) is 9.50. The number of carbonyl (C=O) groups is 2. The van der Waals surface area contributed by atoms with E-state index in [4.69, 9.17) is 10.8 Å². The first-order valence-electron chi connectivity index (χ1n) is 9.64. The van der Waals surface area contributed by atoms with Crippen molar-refractivity contribution in [1.82, 2.24) is 9.97 Å². The summed E-state index contributed by atoms with van der Waals surface area (Å²) in [6.45, 7) is 1.68. The van der Waals surface area contributed by atoms with Crippen molar-refractivity contribution in [2.75, 3.05) is 11.1 Å². The van der Waals surface area contributed by atoms with E-state index >= 15 is 0 Å². The van der Waals surface area contributed by atoms with Gasteiger partial charge in [-0.1, -0.05) is 25.1 Å². The van der Waals surface area contributed by atoms with E-state index in [1.54, 1.807) is 55.6 Å². The van der Waals surface area contributed by atoms with Crippen LogP contribution in [-0.4, -0.2) is 27.0 Å². The summed E-state index contributed by atoms with van der Waals surface area (Å²) < 4.78 is 0. The molecule has 31 heavy (non-hydrogen) atoms. The van der Waals surface area contributed by atoms with Crippen LogP contribution < -0.4 is 11.1 Å². The number of carbonyl (C=O) groups excluding carboxylic acids is 1. The van der Waals surface area contributed by atoms with Crippen LogP contribution in [0.2, 0.25) is 0 Å². The fourth-order valence-electron chi connectivity index (χ4n) is 3.06. The van der Waals surface area contributed by atoms with E-state index < -0.39 is 11.9 Å². The SMILES string of the molecule is CC(CCC(=O)O)C(=O)Nc1cccc(-c2cc(-c3ccccn3)nc(N)c2C#N)c1. The van der Waals surface area contributed by atoms with Crippen LogP contribution in [0.1, 0.15) is 25.3 Å².